The van der Waals surface area contributed by atoms with Crippen LogP contribution in [0.2, 0.25) is 0 Å². The van der Waals surface area contributed by atoms with Crippen LogP contribution in [0.5, 0.6) is 0 Å². The van der Waals surface area contributed by atoms with E-state index in [9.17, 15) is 29.1 Å². The van der Waals surface area contributed by atoms with Gasteiger partial charge in [-0.25, -0.2) is 4.79 Å². The number of carboxylic acids is 2. The predicted octanol–water partition coefficient (Wildman–Crippen LogP) is -4.12. The summed E-state index contributed by atoms with van der Waals surface area (Å²) >= 11 is 3.75. The first kappa shape index (κ1) is 22.6. The van der Waals surface area contributed by atoms with Gasteiger partial charge >= 0.3 is 11.9 Å². The number of carbonyl (C=O) groups excluding carboxylic acids is 3. The van der Waals surface area contributed by atoms with Crippen LogP contribution in [0.4, 0.5) is 0 Å². The lowest BCUT2D eigenvalue weighted by Crippen LogP contribution is -2.57. The first-order chi connectivity index (χ1) is 11.7. The van der Waals surface area contributed by atoms with E-state index in [1.54, 1.807) is 0 Å². The van der Waals surface area contributed by atoms with Crippen molar-refractivity contribution in [3.8, 4) is 0 Å². The van der Waals surface area contributed by atoms with Gasteiger partial charge in [0.2, 0.25) is 17.7 Å². The predicted molar refractivity (Wildman–Crippen MR) is 85.7 cm³/mol. The fraction of sp³-hybridized carbons (Fsp3) is 0.583. The zero-order chi connectivity index (χ0) is 19.6. The maximum Gasteiger partial charge on any atom is 0.327 e. The van der Waals surface area contributed by atoms with Crippen LogP contribution >= 0.6 is 12.6 Å². The van der Waals surface area contributed by atoms with Gasteiger partial charge in [0.1, 0.15) is 18.1 Å². The van der Waals surface area contributed by atoms with Crippen molar-refractivity contribution in [2.24, 2.45) is 5.73 Å². The Morgan fingerprint density at radius 3 is 1.84 bits per heavy atom. The number of aliphatic hydroxyl groups excluding tert-OH is 1. The molecule has 0 aliphatic heterocycles. The maximum atomic E-state index is 12.0. The second kappa shape index (κ2) is 11.2. The van der Waals surface area contributed by atoms with E-state index >= 15 is 0 Å². The summed E-state index contributed by atoms with van der Waals surface area (Å²) in [7, 11) is 0. The maximum absolute atomic E-state index is 12.0. The summed E-state index contributed by atoms with van der Waals surface area (Å²) in [6.07, 6.45) is -0.786. The van der Waals surface area contributed by atoms with E-state index in [2.05, 4.69) is 17.9 Å². The molecule has 0 aromatic carbocycles. The second-order valence-electron chi connectivity index (χ2n) is 4.75. The molecule has 12 nitrogen and oxygen atoms in total. The van der Waals surface area contributed by atoms with E-state index in [4.69, 9.17) is 15.9 Å². The molecule has 0 aromatic rings. The molecule has 0 rings (SSSR count). The van der Waals surface area contributed by atoms with E-state index in [0.717, 1.165) is 0 Å². The summed E-state index contributed by atoms with van der Waals surface area (Å²) in [5.41, 5.74) is 5.07. The molecule has 3 atom stereocenters. The van der Waals surface area contributed by atoms with E-state index in [1.807, 2.05) is 10.6 Å². The average Bonchev–Trinajstić information content (AvgIpc) is 2.55. The number of rotatable bonds is 11. The fourth-order valence-electron chi connectivity index (χ4n) is 1.56. The normalized spacial score (nSPS) is 13.9. The molecule has 0 aliphatic rings. The molecule has 0 saturated carbocycles. The number of aliphatic carboxylic acids is 2. The van der Waals surface area contributed by atoms with Gasteiger partial charge in [0.15, 0.2) is 0 Å². The average molecular weight is 380 g/mol. The zero-order valence-corrected chi connectivity index (χ0v) is 13.9. The number of carbonyl (C=O) groups is 5. The minimum absolute atomic E-state index is 0.235. The van der Waals surface area contributed by atoms with Crippen LogP contribution < -0.4 is 21.7 Å². The lowest BCUT2D eigenvalue weighted by atomic mass is 10.1. The van der Waals surface area contributed by atoms with Crippen molar-refractivity contribution in [3.05, 3.63) is 0 Å². The molecule has 0 heterocycles. The van der Waals surface area contributed by atoms with Crippen molar-refractivity contribution in [2.75, 3.05) is 18.9 Å². The molecule has 13 heteroatoms. The topological polar surface area (TPSA) is 208 Å². The van der Waals surface area contributed by atoms with E-state index < -0.39 is 67.4 Å². The monoisotopic (exact) mass is 380 g/mol. The summed E-state index contributed by atoms with van der Waals surface area (Å²) in [5.74, 6) is -5.88. The molecule has 25 heavy (non-hydrogen) atoms. The van der Waals surface area contributed by atoms with Gasteiger partial charge in [-0.1, -0.05) is 0 Å². The molecule has 0 fully saturated rings. The highest BCUT2D eigenvalue weighted by atomic mass is 32.1. The minimum atomic E-state index is -1.56. The van der Waals surface area contributed by atoms with Gasteiger partial charge in [0.25, 0.3) is 0 Å². The second-order valence-corrected chi connectivity index (χ2v) is 5.11. The van der Waals surface area contributed by atoms with Crippen LogP contribution in [0.3, 0.4) is 0 Å². The Kier molecular flexibility index (Phi) is 10.2. The molecule has 0 spiro atoms. The first-order valence-electron chi connectivity index (χ1n) is 6.92. The Balaban J connectivity index is 5.01. The summed E-state index contributed by atoms with van der Waals surface area (Å²) in [6, 6.07) is -4.44. The molecule has 0 bridgehead atoms. The first-order valence-corrected chi connectivity index (χ1v) is 7.55. The van der Waals surface area contributed by atoms with Crippen LogP contribution in [0.25, 0.3) is 0 Å². The number of nitrogens with two attached hydrogens (primary N) is 1. The molecule has 0 aromatic heterocycles. The van der Waals surface area contributed by atoms with Crippen molar-refractivity contribution in [1.29, 1.82) is 0 Å². The van der Waals surface area contributed by atoms with Crippen LogP contribution in [0, 0.1) is 0 Å². The number of hydrogen-bond acceptors (Lipinski definition) is 8. The lowest BCUT2D eigenvalue weighted by Gasteiger charge is -2.22. The Hall–Kier alpha value is -2.38. The van der Waals surface area contributed by atoms with Gasteiger partial charge in [-0.2, -0.15) is 12.6 Å². The summed E-state index contributed by atoms with van der Waals surface area (Å²) in [6.45, 7) is -1.38. The largest absolute Gasteiger partial charge is 0.481 e. The van der Waals surface area contributed by atoms with Crippen molar-refractivity contribution < 1.29 is 39.3 Å². The highest BCUT2D eigenvalue weighted by Gasteiger charge is 2.29. The van der Waals surface area contributed by atoms with Crippen LogP contribution in [0.15, 0.2) is 0 Å². The third-order valence-corrected chi connectivity index (χ3v) is 3.19. The van der Waals surface area contributed by atoms with Gasteiger partial charge in [-0.05, 0) is 0 Å². The fourth-order valence-corrected chi connectivity index (χ4v) is 1.81. The zero-order valence-electron chi connectivity index (χ0n) is 13.0. The molecule has 3 amide bonds. The highest BCUT2D eigenvalue weighted by Crippen LogP contribution is 1.97. The lowest BCUT2D eigenvalue weighted by molar-refractivity contribution is -0.143. The van der Waals surface area contributed by atoms with Crippen molar-refractivity contribution in [2.45, 2.75) is 24.5 Å². The van der Waals surface area contributed by atoms with Crippen molar-refractivity contribution in [1.82, 2.24) is 16.0 Å². The summed E-state index contributed by atoms with van der Waals surface area (Å²) in [5, 5.41) is 32.9. The van der Waals surface area contributed by atoms with Gasteiger partial charge in [0, 0.05) is 5.75 Å². The summed E-state index contributed by atoms with van der Waals surface area (Å²) in [4.78, 5) is 56.8. The van der Waals surface area contributed by atoms with E-state index in [-0.39, 0.29) is 5.75 Å². The van der Waals surface area contributed by atoms with Crippen LogP contribution in [-0.4, -0.2) is 82.0 Å². The molecule has 0 radical (unpaired) electrons. The molecule has 3 unspecified atom stereocenters. The molecular formula is C12H20N4O8S. The molecule has 0 aliphatic carbocycles. The molecule has 0 saturated heterocycles. The Bertz CT molecular complexity index is 529. The van der Waals surface area contributed by atoms with Crippen LogP contribution in [-0.2, 0) is 24.0 Å². The molecular weight excluding hydrogens is 360 g/mol. The number of aliphatic hydroxyl groups is 1. The number of thiol groups is 1. The quantitative estimate of drug-likeness (QED) is 0.163. The number of carboxylic acid groups (broad SMARTS) is 2. The van der Waals surface area contributed by atoms with Gasteiger partial charge in [-0.15, -0.1) is 0 Å². The highest BCUT2D eigenvalue weighted by molar-refractivity contribution is 7.80. The number of amides is 3. The van der Waals surface area contributed by atoms with E-state index in [0.29, 0.717) is 0 Å². The van der Waals surface area contributed by atoms with Gasteiger partial charge < -0.3 is 37.0 Å². The number of nitrogens with one attached hydrogen (secondary N) is 3. The minimum Gasteiger partial charge on any atom is -0.481 e. The molecule has 8 N–H and O–H groups in total. The standard InChI is InChI=1S/C12H20N4O8S/c13-2-8(18)14-5(1-9(19)20)10(21)15-6(3-17)11(22)16-7(4-25)12(23)24/h5-7,17,25H,1-4,13H2,(H,14,18)(H,15,21)(H,16,22)(H,19,20)(H,23,24). The van der Waals surface area contributed by atoms with Gasteiger partial charge in [0.05, 0.1) is 19.6 Å². The Morgan fingerprint density at radius 2 is 1.44 bits per heavy atom. The van der Waals surface area contributed by atoms with Gasteiger partial charge in [-0.3, -0.25) is 19.2 Å². The third-order valence-electron chi connectivity index (χ3n) is 2.83. The SMILES string of the molecule is NCC(=O)NC(CC(=O)O)C(=O)NC(CO)C(=O)NC(CS)C(=O)O. The van der Waals surface area contributed by atoms with Crippen LogP contribution in [0.1, 0.15) is 6.42 Å². The van der Waals surface area contributed by atoms with Crippen molar-refractivity contribution >= 4 is 42.3 Å². The third kappa shape index (κ3) is 8.32. The van der Waals surface area contributed by atoms with Crippen molar-refractivity contribution in [3.63, 3.8) is 0 Å². The van der Waals surface area contributed by atoms with E-state index in [1.165, 1.54) is 0 Å². The molecule has 142 valence electrons. The summed E-state index contributed by atoms with van der Waals surface area (Å²) < 4.78 is 0. The smallest absolute Gasteiger partial charge is 0.327 e. The number of hydrogen-bond donors (Lipinski definition) is 8. The Morgan fingerprint density at radius 1 is 0.920 bits per heavy atom. The Labute approximate surface area is 147 Å².